The van der Waals surface area contributed by atoms with E-state index in [-0.39, 0.29) is 0 Å². The van der Waals surface area contributed by atoms with Gasteiger partial charge in [0.05, 0.1) is 19.7 Å². The van der Waals surface area contributed by atoms with Crippen LogP contribution in [-0.2, 0) is 9.53 Å². The number of hydrogen-bond donors (Lipinski definition) is 0. The molecule has 2 atom stereocenters. The first-order chi connectivity index (χ1) is 7.20. The van der Waals surface area contributed by atoms with Gasteiger partial charge in [-0.25, -0.2) is 9.18 Å². The van der Waals surface area contributed by atoms with Gasteiger partial charge >= 0.3 is 5.97 Å². The molecule has 0 saturated heterocycles. The van der Waals surface area contributed by atoms with E-state index in [1.807, 2.05) is 0 Å². The lowest BCUT2D eigenvalue weighted by Gasteiger charge is -2.16. The van der Waals surface area contributed by atoms with Crippen molar-refractivity contribution in [2.45, 2.75) is 12.1 Å². The molecule has 2 unspecified atom stereocenters. The molecule has 2 nitrogen and oxygen atoms in total. The Bertz CT molecular complexity index is 314. The average molecular weight is 214 g/mol. The molecule has 82 valence electrons. The number of ether oxygens (including phenoxy) is 1. The van der Waals surface area contributed by atoms with Crippen LogP contribution in [0.2, 0.25) is 0 Å². The number of carbonyl (C=O) groups is 1. The fraction of sp³-hybridized carbons (Fsp3) is 0.364. The van der Waals surface area contributed by atoms with Gasteiger partial charge in [0.1, 0.15) is 0 Å². The van der Waals surface area contributed by atoms with E-state index >= 15 is 0 Å². The van der Waals surface area contributed by atoms with Gasteiger partial charge in [0.2, 0.25) is 6.17 Å². The normalized spacial score (nSPS) is 14.3. The zero-order valence-corrected chi connectivity index (χ0v) is 8.32. The summed E-state index contributed by atoms with van der Waals surface area (Å²) in [5, 5.41) is 0. The average Bonchev–Trinajstić information content (AvgIpc) is 2.30. The SMILES string of the molecule is COC(=O)C(F)C(CF)c1ccccc1. The molecule has 0 aliphatic heterocycles. The summed E-state index contributed by atoms with van der Waals surface area (Å²) >= 11 is 0. The molecule has 0 bridgehead atoms. The van der Waals surface area contributed by atoms with Crippen molar-refractivity contribution in [3.63, 3.8) is 0 Å². The summed E-state index contributed by atoms with van der Waals surface area (Å²) in [7, 11) is 1.08. The van der Waals surface area contributed by atoms with Gasteiger partial charge in [-0.3, -0.25) is 4.39 Å². The molecule has 0 amide bonds. The molecule has 0 saturated carbocycles. The second kappa shape index (κ2) is 5.44. The van der Waals surface area contributed by atoms with Crippen LogP contribution in [0.3, 0.4) is 0 Å². The summed E-state index contributed by atoms with van der Waals surface area (Å²) in [6.07, 6.45) is -1.96. The summed E-state index contributed by atoms with van der Waals surface area (Å²) in [4.78, 5) is 10.9. The van der Waals surface area contributed by atoms with E-state index in [0.29, 0.717) is 5.56 Å². The molecule has 1 aromatic carbocycles. The van der Waals surface area contributed by atoms with E-state index < -0.39 is 24.7 Å². The van der Waals surface area contributed by atoms with Gasteiger partial charge in [-0.05, 0) is 5.56 Å². The zero-order valence-electron chi connectivity index (χ0n) is 8.32. The van der Waals surface area contributed by atoms with Crippen molar-refractivity contribution in [1.29, 1.82) is 0 Å². The zero-order chi connectivity index (χ0) is 11.3. The Hall–Kier alpha value is -1.45. The highest BCUT2D eigenvalue weighted by atomic mass is 19.1. The first kappa shape index (κ1) is 11.6. The highest BCUT2D eigenvalue weighted by Gasteiger charge is 2.30. The van der Waals surface area contributed by atoms with Crippen molar-refractivity contribution in [2.75, 3.05) is 13.8 Å². The molecule has 1 aromatic rings. The third-order valence-electron chi connectivity index (χ3n) is 2.17. The molecule has 0 heterocycles. The predicted molar refractivity (Wildman–Crippen MR) is 52.1 cm³/mol. The summed E-state index contributed by atoms with van der Waals surface area (Å²) in [5.74, 6) is -2.12. The predicted octanol–water partition coefficient (Wildman–Crippen LogP) is 2.25. The van der Waals surface area contributed by atoms with Gasteiger partial charge in [0, 0.05) is 0 Å². The Kier molecular flexibility index (Phi) is 4.21. The van der Waals surface area contributed by atoms with E-state index in [1.54, 1.807) is 30.3 Å². The quantitative estimate of drug-likeness (QED) is 0.718. The van der Waals surface area contributed by atoms with Crippen LogP contribution in [-0.4, -0.2) is 25.9 Å². The Morgan fingerprint density at radius 2 is 2.00 bits per heavy atom. The van der Waals surface area contributed by atoms with E-state index in [1.165, 1.54) is 0 Å². The summed E-state index contributed by atoms with van der Waals surface area (Å²) < 4.78 is 30.3. The summed E-state index contributed by atoms with van der Waals surface area (Å²) in [6.45, 7) is -0.930. The van der Waals surface area contributed by atoms with Gasteiger partial charge < -0.3 is 4.74 Å². The standard InChI is InChI=1S/C11H12F2O2/c1-15-11(14)10(13)9(7-12)8-5-3-2-4-6-8/h2-6,9-10H,7H2,1H3. The van der Waals surface area contributed by atoms with Gasteiger partial charge in [-0.2, -0.15) is 0 Å². The highest BCUT2D eigenvalue weighted by molar-refractivity contribution is 5.75. The molecule has 0 aromatic heterocycles. The molecule has 0 N–H and O–H groups in total. The number of benzene rings is 1. The first-order valence-corrected chi connectivity index (χ1v) is 4.53. The lowest BCUT2D eigenvalue weighted by molar-refractivity contribution is -0.147. The second-order valence-electron chi connectivity index (χ2n) is 3.10. The van der Waals surface area contributed by atoms with Crippen molar-refractivity contribution in [3.05, 3.63) is 35.9 Å². The molecular formula is C11H12F2O2. The van der Waals surface area contributed by atoms with Crippen LogP contribution in [0.15, 0.2) is 30.3 Å². The molecule has 0 fully saturated rings. The fourth-order valence-electron chi connectivity index (χ4n) is 1.31. The molecule has 0 radical (unpaired) electrons. The molecule has 0 aliphatic carbocycles. The lowest BCUT2D eigenvalue weighted by Crippen LogP contribution is -2.26. The van der Waals surface area contributed by atoms with Crippen molar-refractivity contribution in [3.8, 4) is 0 Å². The second-order valence-corrected chi connectivity index (χ2v) is 3.10. The van der Waals surface area contributed by atoms with Crippen molar-refractivity contribution in [2.24, 2.45) is 0 Å². The van der Waals surface area contributed by atoms with Crippen LogP contribution in [0.25, 0.3) is 0 Å². The minimum atomic E-state index is -1.96. The maximum absolute atomic E-state index is 13.4. The Morgan fingerprint density at radius 3 is 2.47 bits per heavy atom. The van der Waals surface area contributed by atoms with Crippen LogP contribution in [0, 0.1) is 0 Å². The Balaban J connectivity index is 2.85. The smallest absolute Gasteiger partial charge is 0.341 e. The lowest BCUT2D eigenvalue weighted by atomic mass is 9.96. The van der Waals surface area contributed by atoms with Crippen LogP contribution < -0.4 is 0 Å². The van der Waals surface area contributed by atoms with Crippen LogP contribution >= 0.6 is 0 Å². The Morgan fingerprint density at radius 1 is 1.40 bits per heavy atom. The molecule has 15 heavy (non-hydrogen) atoms. The number of methoxy groups -OCH3 is 1. The number of rotatable bonds is 4. The number of alkyl halides is 2. The highest BCUT2D eigenvalue weighted by Crippen LogP contribution is 2.23. The fourth-order valence-corrected chi connectivity index (χ4v) is 1.31. The molecule has 4 heteroatoms. The van der Waals surface area contributed by atoms with E-state index in [2.05, 4.69) is 4.74 Å². The number of esters is 1. The largest absolute Gasteiger partial charge is 0.467 e. The van der Waals surface area contributed by atoms with Crippen molar-refractivity contribution in [1.82, 2.24) is 0 Å². The molecule has 0 spiro atoms. The minimum absolute atomic E-state index is 0.456. The first-order valence-electron chi connectivity index (χ1n) is 4.53. The molecular weight excluding hydrogens is 202 g/mol. The Labute approximate surface area is 86.9 Å². The number of carbonyl (C=O) groups excluding carboxylic acids is 1. The van der Waals surface area contributed by atoms with E-state index in [0.717, 1.165) is 7.11 Å². The van der Waals surface area contributed by atoms with Crippen molar-refractivity contribution < 1.29 is 18.3 Å². The number of halogens is 2. The maximum Gasteiger partial charge on any atom is 0.341 e. The molecule has 1 rings (SSSR count). The monoisotopic (exact) mass is 214 g/mol. The van der Waals surface area contributed by atoms with Crippen LogP contribution in [0.4, 0.5) is 8.78 Å². The van der Waals surface area contributed by atoms with Gasteiger partial charge in [-0.1, -0.05) is 30.3 Å². The summed E-state index contributed by atoms with van der Waals surface area (Å²) in [5.41, 5.74) is 0.456. The van der Waals surface area contributed by atoms with Crippen LogP contribution in [0.1, 0.15) is 11.5 Å². The van der Waals surface area contributed by atoms with E-state index in [4.69, 9.17) is 0 Å². The van der Waals surface area contributed by atoms with Crippen LogP contribution in [0.5, 0.6) is 0 Å². The summed E-state index contributed by atoms with van der Waals surface area (Å²) in [6, 6.07) is 8.24. The maximum atomic E-state index is 13.4. The minimum Gasteiger partial charge on any atom is -0.467 e. The topological polar surface area (TPSA) is 26.3 Å². The third-order valence-corrected chi connectivity index (χ3v) is 2.17. The van der Waals surface area contributed by atoms with E-state index in [9.17, 15) is 13.6 Å². The van der Waals surface area contributed by atoms with Gasteiger partial charge in [0.25, 0.3) is 0 Å². The number of hydrogen-bond acceptors (Lipinski definition) is 2. The molecule has 0 aliphatic rings. The van der Waals surface area contributed by atoms with Crippen molar-refractivity contribution >= 4 is 5.97 Å². The third kappa shape index (κ3) is 2.75. The van der Waals surface area contributed by atoms with Gasteiger partial charge in [0.15, 0.2) is 0 Å². The van der Waals surface area contributed by atoms with Gasteiger partial charge in [-0.15, -0.1) is 0 Å².